The fraction of sp³-hybridized carbons (Fsp3) is 0.733. The maximum atomic E-state index is 11.6. The SMILES string of the molecule is CCNC1CC(C)CC(C)C1Sc1nc(C)cc(=O)[nH]1. The molecular formula is C15H25N3OS. The van der Waals surface area contributed by atoms with Gasteiger partial charge in [0.1, 0.15) is 0 Å². The van der Waals surface area contributed by atoms with Gasteiger partial charge in [0.15, 0.2) is 5.16 Å². The summed E-state index contributed by atoms with van der Waals surface area (Å²) in [5.41, 5.74) is 0.727. The van der Waals surface area contributed by atoms with E-state index in [1.165, 1.54) is 18.9 Å². The second-order valence-corrected chi connectivity index (χ2v) is 7.16. The second kappa shape index (κ2) is 6.76. The molecule has 1 aliphatic rings. The van der Waals surface area contributed by atoms with Gasteiger partial charge in [0.25, 0.3) is 5.56 Å². The molecule has 2 N–H and O–H groups in total. The Kier molecular flexibility index (Phi) is 5.27. The number of thioether (sulfide) groups is 1. The Morgan fingerprint density at radius 3 is 2.85 bits per heavy atom. The van der Waals surface area contributed by atoms with E-state index in [-0.39, 0.29) is 5.56 Å². The average molecular weight is 295 g/mol. The van der Waals surface area contributed by atoms with E-state index < -0.39 is 0 Å². The number of aromatic nitrogens is 2. The molecule has 1 saturated carbocycles. The number of nitrogens with zero attached hydrogens (tertiary/aromatic N) is 1. The minimum atomic E-state index is -0.0585. The number of nitrogens with one attached hydrogen (secondary N) is 2. The summed E-state index contributed by atoms with van der Waals surface area (Å²) in [6, 6.07) is 2.03. The van der Waals surface area contributed by atoms with Crippen LogP contribution in [0.3, 0.4) is 0 Å². The van der Waals surface area contributed by atoms with E-state index in [2.05, 4.69) is 36.1 Å². The Labute approximate surface area is 125 Å². The van der Waals surface area contributed by atoms with Crippen molar-refractivity contribution < 1.29 is 0 Å². The number of H-pyrrole nitrogens is 1. The number of aryl methyl sites for hydroxylation is 1. The van der Waals surface area contributed by atoms with Crippen LogP contribution in [0.15, 0.2) is 16.0 Å². The molecule has 0 radical (unpaired) electrons. The van der Waals surface area contributed by atoms with Gasteiger partial charge in [-0.1, -0.05) is 32.5 Å². The normalized spacial score (nSPS) is 30.4. The van der Waals surface area contributed by atoms with Crippen LogP contribution in [-0.4, -0.2) is 27.8 Å². The van der Waals surface area contributed by atoms with Gasteiger partial charge in [-0.25, -0.2) is 4.98 Å². The zero-order valence-electron chi connectivity index (χ0n) is 12.8. The van der Waals surface area contributed by atoms with Gasteiger partial charge in [-0.2, -0.15) is 0 Å². The molecule has 4 nitrogen and oxygen atoms in total. The lowest BCUT2D eigenvalue weighted by atomic mass is 9.80. The van der Waals surface area contributed by atoms with Crippen molar-refractivity contribution in [3.05, 3.63) is 22.1 Å². The minimum Gasteiger partial charge on any atom is -0.313 e. The molecule has 0 spiro atoms. The summed E-state index contributed by atoms with van der Waals surface area (Å²) in [5.74, 6) is 1.38. The van der Waals surface area contributed by atoms with Crippen LogP contribution in [-0.2, 0) is 0 Å². The highest BCUT2D eigenvalue weighted by Gasteiger charge is 2.34. The van der Waals surface area contributed by atoms with E-state index in [0.717, 1.165) is 23.3 Å². The molecule has 1 aromatic rings. The first kappa shape index (κ1) is 15.6. The molecule has 0 aromatic carbocycles. The highest BCUT2D eigenvalue weighted by molar-refractivity contribution is 7.99. The van der Waals surface area contributed by atoms with E-state index in [1.54, 1.807) is 11.8 Å². The van der Waals surface area contributed by atoms with Crippen LogP contribution >= 0.6 is 11.8 Å². The van der Waals surface area contributed by atoms with Crippen LogP contribution in [0, 0.1) is 18.8 Å². The molecule has 20 heavy (non-hydrogen) atoms. The van der Waals surface area contributed by atoms with Crippen molar-refractivity contribution in [1.29, 1.82) is 0 Å². The fourth-order valence-electron chi connectivity index (χ4n) is 3.23. The summed E-state index contributed by atoms with van der Waals surface area (Å²) in [6.07, 6.45) is 2.45. The molecule has 112 valence electrons. The van der Waals surface area contributed by atoms with Gasteiger partial charge in [-0.15, -0.1) is 0 Å². The molecule has 4 atom stereocenters. The molecule has 0 aliphatic heterocycles. The minimum absolute atomic E-state index is 0.0585. The maximum absolute atomic E-state index is 11.6. The van der Waals surface area contributed by atoms with Crippen LogP contribution in [0.1, 0.15) is 39.3 Å². The monoisotopic (exact) mass is 295 g/mol. The molecule has 0 bridgehead atoms. The predicted octanol–water partition coefficient (Wildman–Crippen LogP) is 2.58. The zero-order chi connectivity index (χ0) is 14.7. The number of hydrogen-bond donors (Lipinski definition) is 2. The number of rotatable bonds is 4. The third-order valence-corrected chi connectivity index (χ3v) is 5.43. The zero-order valence-corrected chi connectivity index (χ0v) is 13.6. The lowest BCUT2D eigenvalue weighted by molar-refractivity contribution is 0.251. The third kappa shape index (κ3) is 3.85. The van der Waals surface area contributed by atoms with Gasteiger partial charge in [-0.3, -0.25) is 4.79 Å². The second-order valence-electron chi connectivity index (χ2n) is 5.99. The number of aromatic amines is 1. The molecule has 1 heterocycles. The molecule has 2 rings (SSSR count). The Morgan fingerprint density at radius 1 is 1.45 bits per heavy atom. The molecule has 4 unspecified atom stereocenters. The van der Waals surface area contributed by atoms with Gasteiger partial charge in [0.05, 0.1) is 0 Å². The van der Waals surface area contributed by atoms with Crippen LogP contribution in [0.25, 0.3) is 0 Å². The fourth-order valence-corrected chi connectivity index (χ4v) is 4.55. The maximum Gasteiger partial charge on any atom is 0.251 e. The van der Waals surface area contributed by atoms with E-state index in [4.69, 9.17) is 0 Å². The molecule has 1 aliphatic carbocycles. The lowest BCUT2D eigenvalue weighted by Gasteiger charge is -2.39. The van der Waals surface area contributed by atoms with Gasteiger partial charge in [-0.05, 0) is 38.1 Å². The number of hydrogen-bond acceptors (Lipinski definition) is 4. The van der Waals surface area contributed by atoms with E-state index >= 15 is 0 Å². The molecule has 1 fully saturated rings. The van der Waals surface area contributed by atoms with Crippen LogP contribution < -0.4 is 10.9 Å². The van der Waals surface area contributed by atoms with Crippen molar-refractivity contribution in [1.82, 2.24) is 15.3 Å². The molecular weight excluding hydrogens is 270 g/mol. The van der Waals surface area contributed by atoms with Crippen LogP contribution in [0.4, 0.5) is 0 Å². The van der Waals surface area contributed by atoms with Crippen molar-refractivity contribution in [2.75, 3.05) is 6.54 Å². The molecule has 1 aromatic heterocycles. The average Bonchev–Trinajstić information content (AvgIpc) is 2.32. The van der Waals surface area contributed by atoms with Gasteiger partial charge < -0.3 is 10.3 Å². The first-order valence-corrected chi connectivity index (χ1v) is 8.35. The standard InChI is InChI=1S/C15H25N3OS/c1-5-16-12-7-9(2)6-10(3)14(12)20-15-17-11(4)8-13(19)18-15/h8-10,12,14,16H,5-7H2,1-4H3,(H,17,18,19). The summed E-state index contributed by atoms with van der Waals surface area (Å²) in [5, 5.41) is 4.83. The summed E-state index contributed by atoms with van der Waals surface area (Å²) in [7, 11) is 0. The van der Waals surface area contributed by atoms with E-state index in [9.17, 15) is 4.79 Å². The third-order valence-electron chi connectivity index (χ3n) is 3.95. The molecule has 5 heteroatoms. The molecule has 0 amide bonds. The Hall–Kier alpha value is -0.810. The summed E-state index contributed by atoms with van der Waals surface area (Å²) in [4.78, 5) is 18.9. The topological polar surface area (TPSA) is 57.8 Å². The largest absolute Gasteiger partial charge is 0.313 e. The summed E-state index contributed by atoms with van der Waals surface area (Å²) < 4.78 is 0. The van der Waals surface area contributed by atoms with Crippen molar-refractivity contribution >= 4 is 11.8 Å². The van der Waals surface area contributed by atoms with Crippen molar-refractivity contribution in [3.63, 3.8) is 0 Å². The van der Waals surface area contributed by atoms with Crippen LogP contribution in [0.5, 0.6) is 0 Å². The lowest BCUT2D eigenvalue weighted by Crippen LogP contribution is -2.46. The van der Waals surface area contributed by atoms with Gasteiger partial charge in [0.2, 0.25) is 0 Å². The predicted molar refractivity (Wildman–Crippen MR) is 84.3 cm³/mol. The van der Waals surface area contributed by atoms with E-state index in [0.29, 0.717) is 17.2 Å². The Balaban J connectivity index is 2.17. The van der Waals surface area contributed by atoms with Gasteiger partial charge in [0, 0.05) is 23.1 Å². The van der Waals surface area contributed by atoms with Crippen molar-refractivity contribution in [2.45, 2.75) is 57.0 Å². The summed E-state index contributed by atoms with van der Waals surface area (Å²) in [6.45, 7) is 9.64. The molecule has 0 saturated heterocycles. The Morgan fingerprint density at radius 2 is 2.20 bits per heavy atom. The highest BCUT2D eigenvalue weighted by atomic mass is 32.2. The Bertz CT molecular complexity index is 502. The summed E-state index contributed by atoms with van der Waals surface area (Å²) >= 11 is 1.72. The first-order valence-electron chi connectivity index (χ1n) is 7.47. The highest BCUT2D eigenvalue weighted by Crippen LogP contribution is 2.38. The van der Waals surface area contributed by atoms with Crippen molar-refractivity contribution in [3.8, 4) is 0 Å². The van der Waals surface area contributed by atoms with Crippen molar-refractivity contribution in [2.24, 2.45) is 11.8 Å². The smallest absolute Gasteiger partial charge is 0.251 e. The quantitative estimate of drug-likeness (QED) is 0.838. The van der Waals surface area contributed by atoms with Gasteiger partial charge >= 0.3 is 0 Å². The van der Waals surface area contributed by atoms with E-state index in [1.807, 2.05) is 6.92 Å². The first-order chi connectivity index (χ1) is 9.49. The van der Waals surface area contributed by atoms with Crippen LogP contribution in [0.2, 0.25) is 0 Å².